The molecular weight excluding hydrogens is 244 g/mol. The van der Waals surface area contributed by atoms with Gasteiger partial charge in [0.25, 0.3) is 0 Å². The first kappa shape index (κ1) is 11.3. The summed E-state index contributed by atoms with van der Waals surface area (Å²) < 4.78 is 9.15. The van der Waals surface area contributed by atoms with Gasteiger partial charge in [-0.1, -0.05) is 0 Å². The van der Waals surface area contributed by atoms with Gasteiger partial charge >= 0.3 is 11.9 Å². The summed E-state index contributed by atoms with van der Waals surface area (Å²) in [5.41, 5.74) is 0. The molecule has 0 aromatic rings. The summed E-state index contributed by atoms with van der Waals surface area (Å²) in [6.07, 6.45) is 5.81. The molecule has 4 bridgehead atoms. The van der Waals surface area contributed by atoms with Crippen molar-refractivity contribution in [3.05, 3.63) is 0 Å². The van der Waals surface area contributed by atoms with Crippen LogP contribution < -0.4 is 0 Å². The molecule has 0 aliphatic heterocycles. The van der Waals surface area contributed by atoms with Crippen molar-refractivity contribution in [3.63, 3.8) is 0 Å². The maximum Gasteiger partial charge on any atom is 0.435 e. The Balaban J connectivity index is 1.68. The molecule has 0 spiro atoms. The van der Waals surface area contributed by atoms with Crippen molar-refractivity contribution in [2.24, 2.45) is 23.7 Å². The van der Waals surface area contributed by atoms with E-state index in [2.05, 4.69) is 4.29 Å². The fraction of sp³-hybridized carbons (Fsp3) is 0.833. The van der Waals surface area contributed by atoms with E-state index < -0.39 is 11.9 Å². The van der Waals surface area contributed by atoms with Crippen molar-refractivity contribution in [2.75, 3.05) is 0 Å². The number of halogens is 1. The van der Waals surface area contributed by atoms with E-state index in [1.54, 1.807) is 0 Å². The molecule has 0 aromatic heterocycles. The van der Waals surface area contributed by atoms with Gasteiger partial charge in [0, 0.05) is 0 Å². The van der Waals surface area contributed by atoms with Gasteiger partial charge in [-0.2, -0.15) is 0 Å². The molecule has 4 fully saturated rings. The fourth-order valence-corrected chi connectivity index (χ4v) is 4.33. The van der Waals surface area contributed by atoms with Gasteiger partial charge in [-0.15, -0.1) is 0 Å². The van der Waals surface area contributed by atoms with Crippen LogP contribution in [0.25, 0.3) is 0 Å². The Bertz CT molecular complexity index is 326. The Labute approximate surface area is 105 Å². The molecule has 0 radical (unpaired) electrons. The molecule has 94 valence electrons. The summed E-state index contributed by atoms with van der Waals surface area (Å²) in [6, 6.07) is 0. The van der Waals surface area contributed by atoms with Crippen molar-refractivity contribution < 1.29 is 18.6 Å². The maximum absolute atomic E-state index is 11.4. The predicted octanol–water partition coefficient (Wildman–Crippen LogP) is 2.05. The van der Waals surface area contributed by atoms with Crippen LogP contribution in [0.1, 0.15) is 32.1 Å². The summed E-state index contributed by atoms with van der Waals surface area (Å²) in [6.45, 7) is 0. The largest absolute Gasteiger partial charge is 0.453 e. The molecule has 0 saturated heterocycles. The first-order valence-electron chi connectivity index (χ1n) is 6.21. The van der Waals surface area contributed by atoms with Crippen LogP contribution in [-0.2, 0) is 18.6 Å². The molecule has 4 nitrogen and oxygen atoms in total. The van der Waals surface area contributed by atoms with Crippen molar-refractivity contribution in [1.29, 1.82) is 0 Å². The second-order valence-electron chi connectivity index (χ2n) is 5.67. The van der Waals surface area contributed by atoms with Gasteiger partial charge in [-0.05, 0) is 55.8 Å². The van der Waals surface area contributed by atoms with Crippen molar-refractivity contribution in [3.8, 4) is 0 Å². The van der Waals surface area contributed by atoms with Crippen molar-refractivity contribution in [2.45, 2.75) is 38.2 Å². The number of ether oxygens (including phenoxy) is 1. The third kappa shape index (κ3) is 1.92. The van der Waals surface area contributed by atoms with Crippen LogP contribution in [0.2, 0.25) is 0 Å². The summed E-state index contributed by atoms with van der Waals surface area (Å²) in [5.74, 6) is 0.453. The second-order valence-corrected chi connectivity index (χ2v) is 5.82. The Morgan fingerprint density at radius 3 is 1.88 bits per heavy atom. The number of carbonyl (C=O) groups excluding carboxylic acids is 2. The topological polar surface area (TPSA) is 52.6 Å². The number of carbonyl (C=O) groups is 2. The highest BCUT2D eigenvalue weighted by molar-refractivity contribution is 6.35. The Kier molecular flexibility index (Phi) is 2.77. The van der Waals surface area contributed by atoms with Crippen LogP contribution in [0.5, 0.6) is 0 Å². The number of hydrogen-bond acceptors (Lipinski definition) is 4. The van der Waals surface area contributed by atoms with Crippen LogP contribution >= 0.6 is 11.9 Å². The van der Waals surface area contributed by atoms with Crippen molar-refractivity contribution >= 4 is 23.8 Å². The smallest absolute Gasteiger partial charge is 0.435 e. The molecule has 0 atom stereocenters. The summed E-state index contributed by atoms with van der Waals surface area (Å²) in [4.78, 5) is 22.3. The standard InChI is InChI=1S/C12H15ClO4/c13-17-12(15)11(14)16-10-8-2-6-1-7(4-8)5-9(10)3-6/h6-10H,1-5H2. The number of esters is 1. The fourth-order valence-electron chi connectivity index (χ4n) is 4.27. The lowest BCUT2D eigenvalue weighted by molar-refractivity contribution is -0.180. The molecule has 17 heavy (non-hydrogen) atoms. The predicted molar refractivity (Wildman–Crippen MR) is 58.9 cm³/mol. The average molecular weight is 259 g/mol. The Morgan fingerprint density at radius 1 is 0.882 bits per heavy atom. The van der Waals surface area contributed by atoms with Gasteiger partial charge in [-0.3, -0.25) is 0 Å². The van der Waals surface area contributed by atoms with Crippen LogP contribution in [0.4, 0.5) is 0 Å². The third-order valence-electron chi connectivity index (χ3n) is 4.62. The molecule has 0 aromatic carbocycles. The van der Waals surface area contributed by atoms with E-state index in [9.17, 15) is 9.59 Å². The summed E-state index contributed by atoms with van der Waals surface area (Å²) in [7, 11) is 0. The normalized spacial score (nSPS) is 42.3. The molecule has 0 unspecified atom stereocenters. The molecule has 4 aliphatic carbocycles. The monoisotopic (exact) mass is 258 g/mol. The van der Waals surface area contributed by atoms with Crippen LogP contribution in [-0.4, -0.2) is 18.0 Å². The van der Waals surface area contributed by atoms with Crippen LogP contribution in [0.3, 0.4) is 0 Å². The van der Waals surface area contributed by atoms with E-state index in [1.165, 1.54) is 6.42 Å². The zero-order valence-corrected chi connectivity index (χ0v) is 10.2. The minimum Gasteiger partial charge on any atom is -0.453 e. The highest BCUT2D eigenvalue weighted by Crippen LogP contribution is 2.54. The first-order chi connectivity index (χ1) is 8.17. The quantitative estimate of drug-likeness (QED) is 0.534. The van der Waals surface area contributed by atoms with Gasteiger partial charge in [0.15, 0.2) is 0 Å². The van der Waals surface area contributed by atoms with Gasteiger partial charge in [-0.25, -0.2) is 9.59 Å². The average Bonchev–Trinajstić information content (AvgIpc) is 2.31. The van der Waals surface area contributed by atoms with Gasteiger partial charge in [0.05, 0.1) is 0 Å². The van der Waals surface area contributed by atoms with E-state index in [0.29, 0.717) is 11.8 Å². The van der Waals surface area contributed by atoms with E-state index in [0.717, 1.165) is 37.5 Å². The molecule has 0 heterocycles. The van der Waals surface area contributed by atoms with Crippen molar-refractivity contribution in [1.82, 2.24) is 0 Å². The van der Waals surface area contributed by atoms with Crippen LogP contribution in [0, 0.1) is 23.7 Å². The first-order valence-corrected chi connectivity index (χ1v) is 6.51. The highest BCUT2D eigenvalue weighted by atomic mass is 35.5. The van der Waals surface area contributed by atoms with Gasteiger partial charge in [0.1, 0.15) is 18.0 Å². The van der Waals surface area contributed by atoms with Gasteiger partial charge < -0.3 is 9.03 Å². The zero-order chi connectivity index (χ0) is 12.0. The molecule has 5 heteroatoms. The minimum absolute atomic E-state index is 0.0916. The molecule has 4 saturated carbocycles. The van der Waals surface area contributed by atoms with E-state index >= 15 is 0 Å². The zero-order valence-electron chi connectivity index (χ0n) is 9.43. The highest BCUT2D eigenvalue weighted by Gasteiger charge is 2.50. The maximum atomic E-state index is 11.4. The lowest BCUT2D eigenvalue weighted by atomic mass is 9.55. The summed E-state index contributed by atoms with van der Waals surface area (Å²) >= 11 is 4.87. The molecule has 4 aliphatic rings. The molecule has 0 N–H and O–H groups in total. The van der Waals surface area contributed by atoms with E-state index in [1.807, 2.05) is 0 Å². The van der Waals surface area contributed by atoms with E-state index in [-0.39, 0.29) is 6.10 Å². The third-order valence-corrected chi connectivity index (χ3v) is 4.76. The lowest BCUT2D eigenvalue weighted by Gasteiger charge is -2.53. The number of rotatable bonds is 1. The lowest BCUT2D eigenvalue weighted by Crippen LogP contribution is -2.50. The molecule has 4 rings (SSSR count). The second kappa shape index (κ2) is 4.16. The van der Waals surface area contributed by atoms with Crippen LogP contribution in [0.15, 0.2) is 0 Å². The van der Waals surface area contributed by atoms with E-state index in [4.69, 9.17) is 16.6 Å². The summed E-state index contributed by atoms with van der Waals surface area (Å²) in [5, 5.41) is 0. The molecule has 0 amide bonds. The minimum atomic E-state index is -1.11. The Hall–Kier alpha value is -0.770. The SMILES string of the molecule is O=C(OCl)C(=O)OC1C2CC3CC(C2)CC1C3. The van der Waals surface area contributed by atoms with Gasteiger partial charge in [0.2, 0.25) is 0 Å². The Morgan fingerprint density at radius 2 is 1.41 bits per heavy atom. The molecular formula is C12H15ClO4. The number of hydrogen-bond donors (Lipinski definition) is 0.